The molecule has 0 radical (unpaired) electrons. The van der Waals surface area contributed by atoms with Crippen LogP contribution >= 0.6 is 0 Å². The average molecular weight is 401 g/mol. The first-order chi connectivity index (χ1) is 13.3. The SMILES string of the molecule is CNC(=O)c1ccc(NC(=O)CCNS(=O)(=O)/C=C/c2ccc(C)cc2)cc1. The molecule has 0 spiro atoms. The van der Waals surface area contributed by atoms with Crippen LogP contribution in [0.15, 0.2) is 53.9 Å². The minimum Gasteiger partial charge on any atom is -0.355 e. The molecule has 0 fully saturated rings. The van der Waals surface area contributed by atoms with Crippen LogP contribution in [-0.4, -0.2) is 33.8 Å². The molecule has 2 aromatic rings. The van der Waals surface area contributed by atoms with Crippen molar-refractivity contribution in [1.82, 2.24) is 10.0 Å². The number of hydrogen-bond acceptors (Lipinski definition) is 4. The molecule has 0 heterocycles. The number of anilines is 1. The molecule has 0 bridgehead atoms. The van der Waals surface area contributed by atoms with Crippen LogP contribution in [0.5, 0.6) is 0 Å². The second-order valence-electron chi connectivity index (χ2n) is 6.11. The van der Waals surface area contributed by atoms with Crippen LogP contribution in [0.2, 0.25) is 0 Å². The number of amides is 2. The molecule has 0 saturated carbocycles. The third-order valence-corrected chi connectivity index (χ3v) is 4.93. The molecule has 0 aliphatic heterocycles. The average Bonchev–Trinajstić information content (AvgIpc) is 2.67. The number of carbonyl (C=O) groups is 2. The molecule has 0 saturated heterocycles. The van der Waals surface area contributed by atoms with Crippen LogP contribution in [0, 0.1) is 6.92 Å². The summed E-state index contributed by atoms with van der Waals surface area (Å²) in [5.74, 6) is -0.552. The van der Waals surface area contributed by atoms with E-state index >= 15 is 0 Å². The summed E-state index contributed by atoms with van der Waals surface area (Å²) in [6, 6.07) is 13.8. The minimum absolute atomic E-state index is 0.0190. The molecule has 0 unspecified atom stereocenters. The van der Waals surface area contributed by atoms with Gasteiger partial charge in [0.2, 0.25) is 15.9 Å². The molecule has 0 atom stereocenters. The van der Waals surface area contributed by atoms with Gasteiger partial charge in [0.25, 0.3) is 5.91 Å². The van der Waals surface area contributed by atoms with E-state index in [1.165, 1.54) is 13.1 Å². The smallest absolute Gasteiger partial charge is 0.251 e. The summed E-state index contributed by atoms with van der Waals surface area (Å²) in [5.41, 5.74) is 2.87. The normalized spacial score (nSPS) is 11.4. The fourth-order valence-corrected chi connectivity index (χ4v) is 3.09. The van der Waals surface area contributed by atoms with Crippen LogP contribution in [-0.2, 0) is 14.8 Å². The van der Waals surface area contributed by atoms with Gasteiger partial charge in [-0.3, -0.25) is 9.59 Å². The van der Waals surface area contributed by atoms with E-state index in [2.05, 4.69) is 15.4 Å². The highest BCUT2D eigenvalue weighted by Gasteiger charge is 2.08. The standard InChI is InChI=1S/C20H23N3O4S/c1-15-3-5-16(6-4-15)12-14-28(26,27)22-13-11-19(24)23-18-9-7-17(8-10-18)20(25)21-2/h3-10,12,14,22H,11,13H2,1-2H3,(H,21,25)(H,23,24)/b14-12+. The van der Waals surface area contributed by atoms with Crippen molar-refractivity contribution in [3.63, 3.8) is 0 Å². The Balaban J connectivity index is 1.80. The lowest BCUT2D eigenvalue weighted by Crippen LogP contribution is -2.26. The number of hydrogen-bond donors (Lipinski definition) is 3. The summed E-state index contributed by atoms with van der Waals surface area (Å²) in [6.45, 7) is 1.93. The summed E-state index contributed by atoms with van der Waals surface area (Å²) in [7, 11) is -2.09. The predicted molar refractivity (Wildman–Crippen MR) is 110 cm³/mol. The van der Waals surface area contributed by atoms with Crippen molar-refractivity contribution in [2.75, 3.05) is 18.9 Å². The second-order valence-corrected chi connectivity index (χ2v) is 7.76. The van der Waals surface area contributed by atoms with E-state index in [-0.39, 0.29) is 24.8 Å². The number of carbonyl (C=O) groups excluding carboxylic acids is 2. The zero-order valence-electron chi connectivity index (χ0n) is 15.7. The Bertz CT molecular complexity index is 950. The number of aryl methyl sites for hydroxylation is 1. The van der Waals surface area contributed by atoms with E-state index in [9.17, 15) is 18.0 Å². The molecule has 2 rings (SSSR count). The molecule has 0 aliphatic rings. The summed E-state index contributed by atoms with van der Waals surface area (Å²) >= 11 is 0. The number of sulfonamides is 1. The van der Waals surface area contributed by atoms with E-state index in [0.717, 1.165) is 16.5 Å². The lowest BCUT2D eigenvalue weighted by Gasteiger charge is -2.07. The molecule has 8 heteroatoms. The van der Waals surface area contributed by atoms with Crippen molar-refractivity contribution < 1.29 is 18.0 Å². The Morgan fingerprint density at radius 2 is 1.64 bits per heavy atom. The Kier molecular flexibility index (Phi) is 7.48. The van der Waals surface area contributed by atoms with Gasteiger partial charge < -0.3 is 10.6 Å². The molecule has 2 amide bonds. The summed E-state index contributed by atoms with van der Waals surface area (Å²) in [4.78, 5) is 23.4. The van der Waals surface area contributed by atoms with E-state index < -0.39 is 10.0 Å². The first-order valence-corrected chi connectivity index (χ1v) is 10.2. The van der Waals surface area contributed by atoms with Gasteiger partial charge in [0.05, 0.1) is 0 Å². The Labute approximate surface area is 164 Å². The van der Waals surface area contributed by atoms with Gasteiger partial charge in [-0.25, -0.2) is 13.1 Å². The Morgan fingerprint density at radius 1 is 1.00 bits per heavy atom. The quantitative estimate of drug-likeness (QED) is 0.631. The van der Waals surface area contributed by atoms with E-state index in [1.54, 1.807) is 24.3 Å². The maximum atomic E-state index is 12.0. The van der Waals surface area contributed by atoms with Crippen LogP contribution in [0.1, 0.15) is 27.9 Å². The molecule has 3 N–H and O–H groups in total. The van der Waals surface area contributed by atoms with Gasteiger partial charge >= 0.3 is 0 Å². The molecule has 7 nitrogen and oxygen atoms in total. The molecule has 148 valence electrons. The lowest BCUT2D eigenvalue weighted by molar-refractivity contribution is -0.116. The zero-order valence-corrected chi connectivity index (χ0v) is 16.5. The van der Waals surface area contributed by atoms with E-state index in [4.69, 9.17) is 0 Å². The zero-order chi connectivity index (χ0) is 20.6. The van der Waals surface area contributed by atoms with Gasteiger partial charge in [-0.15, -0.1) is 0 Å². The fraction of sp³-hybridized carbons (Fsp3) is 0.200. The first-order valence-electron chi connectivity index (χ1n) is 8.65. The summed E-state index contributed by atoms with van der Waals surface area (Å²) < 4.78 is 26.3. The maximum absolute atomic E-state index is 12.0. The first kappa shape index (κ1) is 21.3. The van der Waals surface area contributed by atoms with Crippen molar-refractivity contribution in [2.45, 2.75) is 13.3 Å². The molecular weight excluding hydrogens is 378 g/mol. The van der Waals surface area contributed by atoms with Crippen molar-refractivity contribution in [3.05, 3.63) is 70.6 Å². The largest absolute Gasteiger partial charge is 0.355 e. The Morgan fingerprint density at radius 3 is 2.25 bits per heavy atom. The number of benzene rings is 2. The van der Waals surface area contributed by atoms with Crippen molar-refractivity contribution in [2.24, 2.45) is 0 Å². The minimum atomic E-state index is -3.63. The van der Waals surface area contributed by atoms with Gasteiger partial charge in [0.15, 0.2) is 0 Å². The van der Waals surface area contributed by atoms with E-state index in [1.807, 2.05) is 31.2 Å². The van der Waals surface area contributed by atoms with Gasteiger partial charge in [0, 0.05) is 36.7 Å². The van der Waals surface area contributed by atoms with Crippen LogP contribution in [0.25, 0.3) is 6.08 Å². The van der Waals surface area contributed by atoms with Crippen LogP contribution in [0.4, 0.5) is 5.69 Å². The summed E-state index contributed by atoms with van der Waals surface area (Å²) in [6.07, 6.45) is 1.48. The molecule has 0 aliphatic carbocycles. The highest BCUT2D eigenvalue weighted by molar-refractivity contribution is 7.92. The monoisotopic (exact) mass is 401 g/mol. The van der Waals surface area contributed by atoms with Gasteiger partial charge in [0.1, 0.15) is 0 Å². The molecule has 28 heavy (non-hydrogen) atoms. The van der Waals surface area contributed by atoms with Crippen LogP contribution in [0.3, 0.4) is 0 Å². The summed E-state index contributed by atoms with van der Waals surface area (Å²) in [5, 5.41) is 6.24. The predicted octanol–water partition coefficient (Wildman–Crippen LogP) is 2.27. The molecule has 0 aromatic heterocycles. The number of nitrogens with one attached hydrogen (secondary N) is 3. The molecule has 2 aromatic carbocycles. The highest BCUT2D eigenvalue weighted by atomic mass is 32.2. The van der Waals surface area contributed by atoms with Gasteiger partial charge in [-0.2, -0.15) is 0 Å². The van der Waals surface area contributed by atoms with Crippen molar-refractivity contribution in [1.29, 1.82) is 0 Å². The van der Waals surface area contributed by atoms with E-state index in [0.29, 0.717) is 11.3 Å². The topological polar surface area (TPSA) is 104 Å². The highest BCUT2D eigenvalue weighted by Crippen LogP contribution is 2.10. The van der Waals surface area contributed by atoms with Gasteiger partial charge in [-0.1, -0.05) is 29.8 Å². The third kappa shape index (κ3) is 6.98. The van der Waals surface area contributed by atoms with Gasteiger partial charge in [-0.05, 0) is 42.8 Å². The Hall–Kier alpha value is -2.97. The maximum Gasteiger partial charge on any atom is 0.251 e. The fourth-order valence-electron chi connectivity index (χ4n) is 2.27. The molecular formula is C20H23N3O4S. The van der Waals surface area contributed by atoms with Crippen LogP contribution < -0.4 is 15.4 Å². The second kappa shape index (κ2) is 9.82. The lowest BCUT2D eigenvalue weighted by atomic mass is 10.2. The third-order valence-electron chi connectivity index (χ3n) is 3.83. The number of rotatable bonds is 8. The van der Waals surface area contributed by atoms with Crippen molar-refractivity contribution in [3.8, 4) is 0 Å². The van der Waals surface area contributed by atoms with Crippen molar-refractivity contribution >= 4 is 33.6 Å².